The van der Waals surface area contributed by atoms with E-state index < -0.39 is 17.6 Å². The molecular formula is C20H23F3N4O2S. The standard InChI is InChI=1S/C20H23F3N4O2S/c1-12-13(2)24-19(25-14(12)3)30-11-18(28)26-16-10-15(20(21,22)23)4-5-17(16)27-6-8-29-9-7-27/h4-5,10H,6-9,11H2,1-3H3,(H,26,28). The molecule has 1 aromatic heterocycles. The largest absolute Gasteiger partial charge is 0.416 e. The lowest BCUT2D eigenvalue weighted by Gasteiger charge is -2.31. The van der Waals surface area contributed by atoms with Crippen LogP contribution < -0.4 is 10.2 Å². The van der Waals surface area contributed by atoms with E-state index in [9.17, 15) is 18.0 Å². The molecule has 1 fully saturated rings. The van der Waals surface area contributed by atoms with Crippen molar-refractivity contribution < 1.29 is 22.7 Å². The Bertz CT molecular complexity index is 908. The van der Waals surface area contributed by atoms with E-state index in [1.165, 1.54) is 6.07 Å². The molecule has 10 heteroatoms. The van der Waals surface area contributed by atoms with Gasteiger partial charge in [-0.3, -0.25) is 4.79 Å². The Morgan fingerprint density at radius 2 is 1.80 bits per heavy atom. The molecule has 0 spiro atoms. The molecule has 162 valence electrons. The van der Waals surface area contributed by atoms with Crippen LogP contribution in [-0.4, -0.2) is 47.9 Å². The molecule has 0 radical (unpaired) electrons. The van der Waals surface area contributed by atoms with Crippen LogP contribution in [0.2, 0.25) is 0 Å². The van der Waals surface area contributed by atoms with E-state index in [1.54, 1.807) is 0 Å². The van der Waals surface area contributed by atoms with Gasteiger partial charge in [0.1, 0.15) is 0 Å². The van der Waals surface area contributed by atoms with Crippen LogP contribution in [0.25, 0.3) is 0 Å². The summed E-state index contributed by atoms with van der Waals surface area (Å²) in [7, 11) is 0. The van der Waals surface area contributed by atoms with Crippen LogP contribution in [-0.2, 0) is 15.7 Å². The number of nitrogens with zero attached hydrogens (tertiary/aromatic N) is 3. The molecule has 0 bridgehead atoms. The number of carbonyl (C=O) groups excluding carboxylic acids is 1. The van der Waals surface area contributed by atoms with Gasteiger partial charge >= 0.3 is 6.18 Å². The van der Waals surface area contributed by atoms with Crippen LogP contribution >= 0.6 is 11.8 Å². The zero-order valence-electron chi connectivity index (χ0n) is 17.0. The summed E-state index contributed by atoms with van der Waals surface area (Å²) in [4.78, 5) is 23.1. The quantitative estimate of drug-likeness (QED) is 0.560. The second-order valence-electron chi connectivity index (χ2n) is 6.97. The highest BCUT2D eigenvalue weighted by Crippen LogP contribution is 2.36. The number of ether oxygens (including phenoxy) is 1. The number of aryl methyl sites for hydroxylation is 2. The second-order valence-corrected chi connectivity index (χ2v) is 7.91. The summed E-state index contributed by atoms with van der Waals surface area (Å²) in [5.41, 5.74) is 2.52. The molecule has 3 rings (SSSR count). The molecule has 1 aliphatic rings. The zero-order chi connectivity index (χ0) is 21.9. The van der Waals surface area contributed by atoms with Crippen molar-refractivity contribution in [2.45, 2.75) is 32.1 Å². The summed E-state index contributed by atoms with van der Waals surface area (Å²) < 4.78 is 44.9. The molecule has 1 amide bonds. The summed E-state index contributed by atoms with van der Waals surface area (Å²) in [6.45, 7) is 7.70. The van der Waals surface area contributed by atoms with Gasteiger partial charge in [-0.1, -0.05) is 11.8 Å². The lowest BCUT2D eigenvalue weighted by molar-refractivity contribution is -0.137. The van der Waals surface area contributed by atoms with Crippen LogP contribution in [0.3, 0.4) is 0 Å². The fourth-order valence-corrected chi connectivity index (χ4v) is 3.75. The van der Waals surface area contributed by atoms with E-state index in [0.717, 1.165) is 40.8 Å². The second kappa shape index (κ2) is 9.22. The van der Waals surface area contributed by atoms with Crippen molar-refractivity contribution in [1.82, 2.24) is 9.97 Å². The van der Waals surface area contributed by atoms with Crippen molar-refractivity contribution in [3.8, 4) is 0 Å². The molecule has 2 heterocycles. The highest BCUT2D eigenvalue weighted by molar-refractivity contribution is 7.99. The van der Waals surface area contributed by atoms with Gasteiger partial charge in [-0.25, -0.2) is 9.97 Å². The van der Waals surface area contributed by atoms with E-state index in [1.807, 2.05) is 25.7 Å². The van der Waals surface area contributed by atoms with Crippen LogP contribution in [0, 0.1) is 20.8 Å². The lowest BCUT2D eigenvalue weighted by atomic mass is 10.1. The number of nitrogens with one attached hydrogen (secondary N) is 1. The van der Waals surface area contributed by atoms with Crippen molar-refractivity contribution in [1.29, 1.82) is 0 Å². The molecule has 1 saturated heterocycles. The van der Waals surface area contributed by atoms with Crippen molar-refractivity contribution in [2.24, 2.45) is 0 Å². The normalized spacial score (nSPS) is 14.7. The Morgan fingerprint density at radius 3 is 2.40 bits per heavy atom. The minimum atomic E-state index is -4.50. The molecule has 0 aliphatic carbocycles. The maximum atomic E-state index is 13.2. The van der Waals surface area contributed by atoms with Gasteiger partial charge in [0.15, 0.2) is 5.16 Å². The Kier molecular flexibility index (Phi) is 6.87. The van der Waals surface area contributed by atoms with Crippen LogP contribution in [0.15, 0.2) is 23.4 Å². The highest BCUT2D eigenvalue weighted by Gasteiger charge is 2.32. The highest BCUT2D eigenvalue weighted by atomic mass is 32.2. The summed E-state index contributed by atoms with van der Waals surface area (Å²) in [6.07, 6.45) is -4.50. The summed E-state index contributed by atoms with van der Waals surface area (Å²) in [5, 5.41) is 3.09. The first-order valence-electron chi connectivity index (χ1n) is 9.43. The molecule has 6 nitrogen and oxygen atoms in total. The van der Waals surface area contributed by atoms with Crippen LogP contribution in [0.5, 0.6) is 0 Å². The third-order valence-corrected chi connectivity index (χ3v) is 5.74. The number of aromatic nitrogens is 2. The molecule has 1 aromatic carbocycles. The molecule has 1 N–H and O–H groups in total. The fraction of sp³-hybridized carbons (Fsp3) is 0.450. The van der Waals surface area contributed by atoms with Crippen LogP contribution in [0.1, 0.15) is 22.5 Å². The van der Waals surface area contributed by atoms with E-state index in [4.69, 9.17) is 4.74 Å². The number of morpholine rings is 1. The fourth-order valence-electron chi connectivity index (χ4n) is 3.01. The molecular weight excluding hydrogens is 417 g/mol. The monoisotopic (exact) mass is 440 g/mol. The third kappa shape index (κ3) is 5.42. The van der Waals surface area contributed by atoms with Crippen molar-refractivity contribution >= 4 is 29.0 Å². The number of halogens is 3. The van der Waals surface area contributed by atoms with Gasteiger partial charge in [0.05, 0.1) is 35.9 Å². The van der Waals surface area contributed by atoms with Crippen LogP contribution in [0.4, 0.5) is 24.5 Å². The Labute approximate surface area is 177 Å². The maximum absolute atomic E-state index is 13.2. The number of hydrogen-bond donors (Lipinski definition) is 1. The van der Waals surface area contributed by atoms with Gasteiger partial charge in [-0.2, -0.15) is 13.2 Å². The predicted octanol–water partition coefficient (Wildman–Crippen LogP) is 3.99. The minimum Gasteiger partial charge on any atom is -0.378 e. The number of benzene rings is 1. The number of amides is 1. The van der Waals surface area contributed by atoms with Gasteiger partial charge in [0.2, 0.25) is 5.91 Å². The number of hydrogen-bond acceptors (Lipinski definition) is 6. The molecule has 0 atom stereocenters. The predicted molar refractivity (Wildman–Crippen MR) is 110 cm³/mol. The summed E-state index contributed by atoms with van der Waals surface area (Å²) in [6, 6.07) is 3.40. The number of carbonyl (C=O) groups is 1. The first-order valence-corrected chi connectivity index (χ1v) is 10.4. The number of thioether (sulfide) groups is 1. The molecule has 30 heavy (non-hydrogen) atoms. The van der Waals surface area contributed by atoms with E-state index in [2.05, 4.69) is 15.3 Å². The molecule has 0 saturated carbocycles. The number of alkyl halides is 3. The van der Waals surface area contributed by atoms with Crippen molar-refractivity contribution in [2.75, 3.05) is 42.3 Å². The lowest BCUT2D eigenvalue weighted by Crippen LogP contribution is -2.37. The topological polar surface area (TPSA) is 67.4 Å². The van der Waals surface area contributed by atoms with Gasteiger partial charge in [-0.05, 0) is 44.5 Å². The van der Waals surface area contributed by atoms with E-state index >= 15 is 0 Å². The molecule has 1 aliphatic heterocycles. The zero-order valence-corrected chi connectivity index (χ0v) is 17.8. The molecule has 0 unspecified atom stereocenters. The van der Waals surface area contributed by atoms with Crippen molar-refractivity contribution in [3.63, 3.8) is 0 Å². The Hall–Kier alpha value is -2.33. The SMILES string of the molecule is Cc1nc(SCC(=O)Nc2cc(C(F)(F)F)ccc2N2CCOCC2)nc(C)c1C. The van der Waals surface area contributed by atoms with Gasteiger partial charge < -0.3 is 15.0 Å². The van der Waals surface area contributed by atoms with E-state index in [-0.39, 0.29) is 11.4 Å². The Balaban J connectivity index is 1.76. The number of anilines is 2. The maximum Gasteiger partial charge on any atom is 0.416 e. The Morgan fingerprint density at radius 1 is 1.17 bits per heavy atom. The third-order valence-electron chi connectivity index (χ3n) is 4.89. The van der Waals surface area contributed by atoms with Gasteiger partial charge in [-0.15, -0.1) is 0 Å². The molecule has 2 aromatic rings. The average Bonchev–Trinajstić information content (AvgIpc) is 2.70. The van der Waals surface area contributed by atoms with Crippen molar-refractivity contribution in [3.05, 3.63) is 40.7 Å². The summed E-state index contributed by atoms with van der Waals surface area (Å²) in [5.74, 6) is -0.436. The smallest absolute Gasteiger partial charge is 0.378 e. The van der Waals surface area contributed by atoms with Gasteiger partial charge in [0.25, 0.3) is 0 Å². The van der Waals surface area contributed by atoms with Gasteiger partial charge in [0, 0.05) is 24.5 Å². The number of rotatable bonds is 5. The average molecular weight is 440 g/mol. The summed E-state index contributed by atoms with van der Waals surface area (Å²) >= 11 is 1.15. The minimum absolute atomic E-state index is 0.0132. The first kappa shape index (κ1) is 22.4. The van der Waals surface area contributed by atoms with E-state index in [0.29, 0.717) is 37.1 Å². The first-order chi connectivity index (χ1) is 14.1.